The van der Waals surface area contributed by atoms with Gasteiger partial charge in [0.2, 0.25) is 0 Å². The van der Waals surface area contributed by atoms with Crippen molar-refractivity contribution in [3.8, 4) is 11.3 Å². The van der Waals surface area contributed by atoms with E-state index >= 15 is 8.78 Å². The van der Waals surface area contributed by atoms with Gasteiger partial charge in [-0.25, -0.2) is 8.78 Å². The highest BCUT2D eigenvalue weighted by molar-refractivity contribution is 6.39. The summed E-state index contributed by atoms with van der Waals surface area (Å²) in [5, 5.41) is 16.7. The molecule has 0 bridgehead atoms. The number of nitrogens with two attached hydrogens (primary N) is 1. The number of rotatable bonds is 7. The number of alkyl halides is 2. The van der Waals surface area contributed by atoms with Crippen molar-refractivity contribution in [3.63, 3.8) is 0 Å². The van der Waals surface area contributed by atoms with Crippen LogP contribution in [0, 0.1) is 0 Å². The van der Waals surface area contributed by atoms with Crippen molar-refractivity contribution in [1.82, 2.24) is 5.16 Å². The number of benzene rings is 2. The molecule has 1 saturated carbocycles. The first-order valence-electron chi connectivity index (χ1n) is 11.5. The van der Waals surface area contributed by atoms with Crippen molar-refractivity contribution in [1.29, 1.82) is 0 Å². The minimum Gasteiger partial charge on any atom is -0.409 e. The highest BCUT2D eigenvalue weighted by Gasteiger charge is 2.46. The molecule has 190 valence electrons. The van der Waals surface area contributed by atoms with E-state index in [4.69, 9.17) is 43.4 Å². The van der Waals surface area contributed by atoms with Gasteiger partial charge in [0.05, 0.1) is 23.2 Å². The van der Waals surface area contributed by atoms with Crippen LogP contribution in [0.4, 0.5) is 14.5 Å². The Morgan fingerprint density at radius 1 is 1.17 bits per heavy atom. The molecule has 11 heteroatoms. The number of piperidine rings is 1. The van der Waals surface area contributed by atoms with Gasteiger partial charge in [-0.1, -0.05) is 39.6 Å². The zero-order valence-electron chi connectivity index (χ0n) is 19.1. The maximum absolute atomic E-state index is 15.2. The lowest BCUT2D eigenvalue weighted by Gasteiger charge is -2.39. The van der Waals surface area contributed by atoms with E-state index in [0.29, 0.717) is 50.4 Å². The van der Waals surface area contributed by atoms with Gasteiger partial charge in [0, 0.05) is 34.8 Å². The molecule has 0 amide bonds. The molecule has 0 radical (unpaired) electrons. The van der Waals surface area contributed by atoms with Crippen LogP contribution < -0.4 is 10.6 Å². The zero-order valence-corrected chi connectivity index (χ0v) is 20.6. The van der Waals surface area contributed by atoms with Crippen molar-refractivity contribution in [2.75, 3.05) is 18.0 Å². The summed E-state index contributed by atoms with van der Waals surface area (Å²) in [7, 11) is 0. The molecule has 5 rings (SSSR count). The summed E-state index contributed by atoms with van der Waals surface area (Å²) in [5.74, 6) is -2.30. The highest BCUT2D eigenvalue weighted by atomic mass is 35.5. The molecular weight excluding hydrogens is 513 g/mol. The average molecular weight is 537 g/mol. The van der Waals surface area contributed by atoms with Crippen LogP contribution >= 0.6 is 23.2 Å². The van der Waals surface area contributed by atoms with Gasteiger partial charge in [-0.3, -0.25) is 0 Å². The van der Waals surface area contributed by atoms with Gasteiger partial charge in [-0.2, -0.15) is 0 Å². The van der Waals surface area contributed by atoms with Crippen molar-refractivity contribution in [3.05, 3.63) is 69.4 Å². The van der Waals surface area contributed by atoms with Crippen molar-refractivity contribution in [2.45, 2.75) is 43.8 Å². The van der Waals surface area contributed by atoms with Crippen LogP contribution in [0.1, 0.15) is 42.1 Å². The molecule has 2 fully saturated rings. The molecule has 2 aromatic carbocycles. The third-order valence-corrected chi connectivity index (χ3v) is 7.19. The summed E-state index contributed by atoms with van der Waals surface area (Å²) >= 11 is 12.8. The SMILES string of the molecule is N/C(=N\O)c1ccc(N2CCC(OCc3c(-c4c(Cl)cccc4Cl)noc3C3CC3)C(F)(F)C2)cc1. The molecule has 0 spiro atoms. The van der Waals surface area contributed by atoms with Crippen LogP contribution in [0.15, 0.2) is 52.1 Å². The number of oxime groups is 1. The molecule has 1 atom stereocenters. The Kier molecular flexibility index (Phi) is 6.80. The Labute approximate surface area is 216 Å². The lowest BCUT2D eigenvalue weighted by molar-refractivity contribution is -0.148. The number of ether oxygens (including phenoxy) is 1. The summed E-state index contributed by atoms with van der Waals surface area (Å²) in [5.41, 5.74) is 8.25. The molecule has 1 aromatic heterocycles. The van der Waals surface area contributed by atoms with Crippen molar-refractivity contribution in [2.24, 2.45) is 10.9 Å². The molecular formula is C25H24Cl2F2N4O3. The summed E-state index contributed by atoms with van der Waals surface area (Å²) in [6.45, 7) is -0.199. The standard InChI is InChI=1S/C25H24Cl2F2N4O3/c26-18-2-1-3-19(27)21(18)22-17(23(36-32-22)14-4-5-14)12-35-20-10-11-33(13-25(20,28)29)16-8-6-15(7-9-16)24(30)31-34/h1-3,6-9,14,20,34H,4-5,10-13H2,(H2,30,31). The maximum atomic E-state index is 15.2. The van der Waals surface area contributed by atoms with Gasteiger partial charge < -0.3 is 25.1 Å². The monoisotopic (exact) mass is 536 g/mol. The van der Waals surface area contributed by atoms with Gasteiger partial charge in [0.25, 0.3) is 5.92 Å². The molecule has 1 unspecified atom stereocenters. The van der Waals surface area contributed by atoms with Crippen LogP contribution in [-0.2, 0) is 11.3 Å². The zero-order chi connectivity index (χ0) is 25.4. The Bertz CT molecular complexity index is 1260. The number of anilines is 1. The predicted octanol–water partition coefficient (Wildman–Crippen LogP) is 6.05. The van der Waals surface area contributed by atoms with E-state index in [1.54, 1.807) is 47.4 Å². The first-order chi connectivity index (χ1) is 17.3. The third kappa shape index (κ3) is 4.87. The Hall–Kier alpha value is -2.88. The van der Waals surface area contributed by atoms with Gasteiger partial charge in [-0.15, -0.1) is 0 Å². The summed E-state index contributed by atoms with van der Waals surface area (Å²) in [6.07, 6.45) is 0.741. The summed E-state index contributed by atoms with van der Waals surface area (Å²) in [6, 6.07) is 11.7. The number of halogens is 4. The van der Waals surface area contributed by atoms with Crippen LogP contribution in [-0.4, -0.2) is 41.3 Å². The van der Waals surface area contributed by atoms with Crippen molar-refractivity contribution >= 4 is 34.7 Å². The molecule has 7 nitrogen and oxygen atoms in total. The number of amidine groups is 1. The highest BCUT2D eigenvalue weighted by Crippen LogP contribution is 2.46. The van der Waals surface area contributed by atoms with Gasteiger partial charge in [0.15, 0.2) is 5.84 Å². The Balaban J connectivity index is 1.32. The second-order valence-corrected chi connectivity index (χ2v) is 9.86. The fourth-order valence-electron chi connectivity index (χ4n) is 4.48. The number of hydrogen-bond donors (Lipinski definition) is 2. The molecule has 2 aliphatic rings. The van der Waals surface area contributed by atoms with E-state index in [0.717, 1.165) is 12.8 Å². The van der Waals surface area contributed by atoms with E-state index in [1.807, 2.05) is 0 Å². The topological polar surface area (TPSA) is 97.1 Å². The molecule has 1 aliphatic heterocycles. The van der Waals surface area contributed by atoms with Crippen LogP contribution in [0.5, 0.6) is 0 Å². The van der Waals surface area contributed by atoms with Crippen molar-refractivity contribution < 1.29 is 23.2 Å². The molecule has 36 heavy (non-hydrogen) atoms. The van der Waals surface area contributed by atoms with Crippen LogP contribution in [0.2, 0.25) is 10.0 Å². The van der Waals surface area contributed by atoms with Crippen LogP contribution in [0.25, 0.3) is 11.3 Å². The number of aromatic nitrogens is 1. The largest absolute Gasteiger partial charge is 0.409 e. The fraction of sp³-hybridized carbons (Fsp3) is 0.360. The number of nitrogens with zero attached hydrogens (tertiary/aromatic N) is 3. The van der Waals surface area contributed by atoms with E-state index in [2.05, 4.69) is 10.3 Å². The third-order valence-electron chi connectivity index (χ3n) is 6.57. The first-order valence-corrected chi connectivity index (χ1v) is 12.3. The predicted molar refractivity (Wildman–Crippen MR) is 133 cm³/mol. The fourth-order valence-corrected chi connectivity index (χ4v) is 5.05. The van der Waals surface area contributed by atoms with Crippen LogP contribution in [0.3, 0.4) is 0 Å². The molecule has 1 saturated heterocycles. The molecule has 3 N–H and O–H groups in total. The second kappa shape index (κ2) is 9.88. The minimum absolute atomic E-state index is 0.0456. The Morgan fingerprint density at radius 3 is 2.47 bits per heavy atom. The minimum atomic E-state index is -3.10. The smallest absolute Gasteiger partial charge is 0.290 e. The second-order valence-electron chi connectivity index (χ2n) is 9.05. The normalized spacial score (nSPS) is 20.1. The lowest BCUT2D eigenvalue weighted by atomic mass is 10.0. The Morgan fingerprint density at radius 2 is 1.86 bits per heavy atom. The van der Waals surface area contributed by atoms with Gasteiger partial charge in [0.1, 0.15) is 17.6 Å². The van der Waals surface area contributed by atoms with E-state index in [-0.39, 0.29) is 24.8 Å². The maximum Gasteiger partial charge on any atom is 0.290 e. The lowest BCUT2D eigenvalue weighted by Crippen LogP contribution is -2.52. The van der Waals surface area contributed by atoms with E-state index in [1.165, 1.54) is 0 Å². The average Bonchev–Trinajstić information content (AvgIpc) is 3.63. The first kappa shape index (κ1) is 24.8. The quantitative estimate of drug-likeness (QED) is 0.165. The molecule has 2 heterocycles. The number of hydrogen-bond acceptors (Lipinski definition) is 6. The van der Waals surface area contributed by atoms with E-state index < -0.39 is 18.6 Å². The van der Waals surface area contributed by atoms with E-state index in [9.17, 15) is 0 Å². The molecule has 3 aromatic rings. The summed E-state index contributed by atoms with van der Waals surface area (Å²) in [4.78, 5) is 1.60. The van der Waals surface area contributed by atoms with Gasteiger partial charge >= 0.3 is 0 Å². The molecule has 1 aliphatic carbocycles. The summed E-state index contributed by atoms with van der Waals surface area (Å²) < 4.78 is 41.8. The van der Waals surface area contributed by atoms with Gasteiger partial charge in [-0.05, 0) is 55.7 Å².